The molecular weight excluding hydrogens is 162 g/mol. The molecule has 1 atom stereocenters. The normalized spacial score (nSPS) is 18.2. The van der Waals surface area contributed by atoms with Crippen molar-refractivity contribution in [3.8, 4) is 5.75 Å². The maximum atomic E-state index is 5.74. The number of hydrogen-bond donors (Lipinski definition) is 1. The molecule has 0 radical (unpaired) electrons. The summed E-state index contributed by atoms with van der Waals surface area (Å²) < 4.78 is 5.74. The van der Waals surface area contributed by atoms with E-state index in [1.165, 1.54) is 12.8 Å². The minimum atomic E-state index is 0.335. The molecule has 0 spiro atoms. The van der Waals surface area contributed by atoms with Gasteiger partial charge in [0.05, 0.1) is 6.10 Å². The zero-order chi connectivity index (χ0) is 9.26. The molecule has 0 bridgehead atoms. The van der Waals surface area contributed by atoms with Crippen LogP contribution in [0, 0.1) is 5.92 Å². The van der Waals surface area contributed by atoms with Crippen LogP contribution in [0.2, 0.25) is 0 Å². The number of anilines is 1. The average molecular weight is 177 g/mol. The van der Waals surface area contributed by atoms with Crippen LogP contribution in [0.25, 0.3) is 0 Å². The summed E-state index contributed by atoms with van der Waals surface area (Å²) in [5.41, 5.74) is 6.41. The third kappa shape index (κ3) is 2.14. The molecule has 1 saturated carbocycles. The van der Waals surface area contributed by atoms with Crippen LogP contribution in [0.15, 0.2) is 24.3 Å². The quantitative estimate of drug-likeness (QED) is 0.720. The Labute approximate surface area is 78.7 Å². The van der Waals surface area contributed by atoms with Gasteiger partial charge in [0.25, 0.3) is 0 Å². The first-order valence-electron chi connectivity index (χ1n) is 4.78. The van der Waals surface area contributed by atoms with Gasteiger partial charge in [0.15, 0.2) is 0 Å². The molecule has 2 nitrogen and oxygen atoms in total. The predicted molar refractivity (Wildman–Crippen MR) is 53.7 cm³/mol. The summed E-state index contributed by atoms with van der Waals surface area (Å²) in [7, 11) is 0. The lowest BCUT2D eigenvalue weighted by Crippen LogP contribution is -2.13. The summed E-state index contributed by atoms with van der Waals surface area (Å²) in [6.07, 6.45) is 2.95. The second-order valence-corrected chi connectivity index (χ2v) is 3.73. The average Bonchev–Trinajstić information content (AvgIpc) is 2.85. The molecular formula is C11H15NO. The number of rotatable bonds is 3. The Bertz CT molecular complexity index is 294. The highest BCUT2D eigenvalue weighted by molar-refractivity contribution is 5.43. The minimum Gasteiger partial charge on any atom is -0.490 e. The van der Waals surface area contributed by atoms with Gasteiger partial charge >= 0.3 is 0 Å². The van der Waals surface area contributed by atoms with E-state index in [9.17, 15) is 0 Å². The van der Waals surface area contributed by atoms with Crippen LogP contribution in [-0.2, 0) is 0 Å². The van der Waals surface area contributed by atoms with Crippen molar-refractivity contribution >= 4 is 5.69 Å². The molecule has 2 heteroatoms. The van der Waals surface area contributed by atoms with Crippen LogP contribution in [-0.4, -0.2) is 6.10 Å². The van der Waals surface area contributed by atoms with E-state index in [4.69, 9.17) is 10.5 Å². The van der Waals surface area contributed by atoms with Crippen molar-refractivity contribution in [2.75, 3.05) is 5.73 Å². The third-order valence-electron chi connectivity index (χ3n) is 2.47. The molecule has 13 heavy (non-hydrogen) atoms. The van der Waals surface area contributed by atoms with Gasteiger partial charge in [-0.3, -0.25) is 0 Å². The van der Waals surface area contributed by atoms with Gasteiger partial charge in [0.2, 0.25) is 0 Å². The van der Waals surface area contributed by atoms with E-state index in [0.29, 0.717) is 6.10 Å². The minimum absolute atomic E-state index is 0.335. The van der Waals surface area contributed by atoms with Crippen LogP contribution in [0.4, 0.5) is 5.69 Å². The Morgan fingerprint density at radius 1 is 1.46 bits per heavy atom. The second kappa shape index (κ2) is 3.29. The summed E-state index contributed by atoms with van der Waals surface area (Å²) in [5, 5.41) is 0. The van der Waals surface area contributed by atoms with E-state index in [1.54, 1.807) is 0 Å². The molecule has 1 aromatic rings. The fraction of sp³-hybridized carbons (Fsp3) is 0.455. The number of nitrogen functional groups attached to an aromatic ring is 1. The van der Waals surface area contributed by atoms with E-state index in [2.05, 4.69) is 6.92 Å². The van der Waals surface area contributed by atoms with Crippen LogP contribution in [0.1, 0.15) is 19.8 Å². The molecule has 0 saturated heterocycles. The highest BCUT2D eigenvalue weighted by atomic mass is 16.5. The van der Waals surface area contributed by atoms with Crippen molar-refractivity contribution in [2.24, 2.45) is 5.92 Å². The first-order valence-corrected chi connectivity index (χ1v) is 4.78. The van der Waals surface area contributed by atoms with Gasteiger partial charge in [-0.25, -0.2) is 0 Å². The largest absolute Gasteiger partial charge is 0.490 e. The fourth-order valence-corrected chi connectivity index (χ4v) is 1.46. The SMILES string of the molecule is CC(Oc1cccc(N)c1)C1CC1. The Morgan fingerprint density at radius 2 is 2.23 bits per heavy atom. The molecule has 1 aromatic carbocycles. The monoisotopic (exact) mass is 177 g/mol. The highest BCUT2D eigenvalue weighted by Gasteiger charge is 2.29. The van der Waals surface area contributed by atoms with Crippen molar-refractivity contribution in [1.29, 1.82) is 0 Å². The Hall–Kier alpha value is -1.18. The zero-order valence-electron chi connectivity index (χ0n) is 7.86. The second-order valence-electron chi connectivity index (χ2n) is 3.73. The van der Waals surface area contributed by atoms with Gasteiger partial charge in [-0.05, 0) is 37.8 Å². The summed E-state index contributed by atoms with van der Waals surface area (Å²) in [6.45, 7) is 2.13. The third-order valence-corrected chi connectivity index (χ3v) is 2.47. The molecule has 0 aliphatic heterocycles. The van der Waals surface area contributed by atoms with Gasteiger partial charge in [-0.2, -0.15) is 0 Å². The van der Waals surface area contributed by atoms with Crippen LogP contribution >= 0.6 is 0 Å². The number of hydrogen-bond acceptors (Lipinski definition) is 2. The van der Waals surface area contributed by atoms with E-state index in [-0.39, 0.29) is 0 Å². The smallest absolute Gasteiger partial charge is 0.121 e. The Morgan fingerprint density at radius 3 is 2.85 bits per heavy atom. The van der Waals surface area contributed by atoms with Crippen molar-refractivity contribution in [2.45, 2.75) is 25.9 Å². The number of benzene rings is 1. The predicted octanol–water partition coefficient (Wildman–Crippen LogP) is 2.45. The summed E-state index contributed by atoms with van der Waals surface area (Å²) >= 11 is 0. The standard InChI is InChI=1S/C11H15NO/c1-8(9-5-6-9)13-11-4-2-3-10(12)7-11/h2-4,7-9H,5-6,12H2,1H3. The van der Waals surface area contributed by atoms with Crippen molar-refractivity contribution in [3.63, 3.8) is 0 Å². The molecule has 1 unspecified atom stereocenters. The summed E-state index contributed by atoms with van der Waals surface area (Å²) in [4.78, 5) is 0. The van der Waals surface area contributed by atoms with Gasteiger partial charge in [-0.15, -0.1) is 0 Å². The molecule has 1 fully saturated rings. The van der Waals surface area contributed by atoms with Crippen molar-refractivity contribution < 1.29 is 4.74 Å². The van der Waals surface area contributed by atoms with Gasteiger partial charge < -0.3 is 10.5 Å². The van der Waals surface area contributed by atoms with Gasteiger partial charge in [0.1, 0.15) is 5.75 Å². The molecule has 0 aromatic heterocycles. The fourth-order valence-electron chi connectivity index (χ4n) is 1.46. The Balaban J connectivity index is 2.00. The Kier molecular flexibility index (Phi) is 2.13. The van der Waals surface area contributed by atoms with Gasteiger partial charge in [0, 0.05) is 11.8 Å². The molecule has 2 rings (SSSR count). The lowest BCUT2D eigenvalue weighted by molar-refractivity contribution is 0.198. The topological polar surface area (TPSA) is 35.2 Å². The maximum Gasteiger partial charge on any atom is 0.121 e. The van der Waals surface area contributed by atoms with E-state index in [1.807, 2.05) is 24.3 Å². The first kappa shape index (κ1) is 8.42. The molecule has 1 aliphatic rings. The summed E-state index contributed by atoms with van der Waals surface area (Å²) in [6, 6.07) is 7.62. The highest BCUT2D eigenvalue weighted by Crippen LogP contribution is 2.34. The zero-order valence-corrected chi connectivity index (χ0v) is 7.86. The maximum absolute atomic E-state index is 5.74. The summed E-state index contributed by atoms with van der Waals surface area (Å²) in [5.74, 6) is 1.65. The molecule has 0 amide bonds. The molecule has 2 N–H and O–H groups in total. The first-order chi connectivity index (χ1) is 6.25. The lowest BCUT2D eigenvalue weighted by atomic mass is 10.2. The number of nitrogens with two attached hydrogens (primary N) is 1. The molecule has 70 valence electrons. The molecule has 0 heterocycles. The van der Waals surface area contributed by atoms with Crippen molar-refractivity contribution in [3.05, 3.63) is 24.3 Å². The van der Waals surface area contributed by atoms with Gasteiger partial charge in [-0.1, -0.05) is 6.07 Å². The van der Waals surface area contributed by atoms with Crippen LogP contribution in [0.5, 0.6) is 5.75 Å². The number of ether oxygens (including phenoxy) is 1. The molecule has 1 aliphatic carbocycles. The van der Waals surface area contributed by atoms with Crippen molar-refractivity contribution in [1.82, 2.24) is 0 Å². The lowest BCUT2D eigenvalue weighted by Gasteiger charge is -2.13. The van der Waals surface area contributed by atoms with E-state index >= 15 is 0 Å². The van der Waals surface area contributed by atoms with E-state index < -0.39 is 0 Å². The van der Waals surface area contributed by atoms with Crippen LogP contribution in [0.3, 0.4) is 0 Å². The van der Waals surface area contributed by atoms with Crippen LogP contribution < -0.4 is 10.5 Å². The van der Waals surface area contributed by atoms with E-state index in [0.717, 1.165) is 17.4 Å².